The zero-order valence-electron chi connectivity index (χ0n) is 14.8. The van der Waals surface area contributed by atoms with Crippen LogP contribution in [0.5, 0.6) is 0 Å². The van der Waals surface area contributed by atoms with Crippen LogP contribution >= 0.6 is 11.3 Å². The van der Waals surface area contributed by atoms with Gasteiger partial charge in [0.25, 0.3) is 5.56 Å². The van der Waals surface area contributed by atoms with Crippen molar-refractivity contribution in [2.75, 3.05) is 7.05 Å². The van der Waals surface area contributed by atoms with Crippen LogP contribution in [0.2, 0.25) is 0 Å². The molecule has 136 valence electrons. The van der Waals surface area contributed by atoms with E-state index in [1.165, 1.54) is 17.4 Å². The fraction of sp³-hybridized carbons (Fsp3) is 0.143. The Bertz CT molecular complexity index is 1140. The summed E-state index contributed by atoms with van der Waals surface area (Å²) >= 11 is 1.51. The Kier molecular flexibility index (Phi) is 4.83. The van der Waals surface area contributed by atoms with Crippen LogP contribution in [-0.2, 0) is 13.1 Å². The van der Waals surface area contributed by atoms with Crippen LogP contribution in [0.4, 0.5) is 4.39 Å². The first-order valence-corrected chi connectivity index (χ1v) is 9.54. The summed E-state index contributed by atoms with van der Waals surface area (Å²) in [5.74, 6) is 0.405. The molecular weight excluding hydrogens is 361 g/mol. The second kappa shape index (κ2) is 7.42. The van der Waals surface area contributed by atoms with Crippen LogP contribution in [0.25, 0.3) is 20.7 Å². The molecule has 2 heterocycles. The second-order valence-corrected chi connectivity index (χ2v) is 7.64. The van der Waals surface area contributed by atoms with Gasteiger partial charge in [0.1, 0.15) is 23.7 Å². The average Bonchev–Trinajstić information content (AvgIpc) is 3.09. The number of hydrogen-bond donors (Lipinski definition) is 2. The molecule has 1 atom stereocenters. The van der Waals surface area contributed by atoms with Crippen LogP contribution < -0.4 is 10.5 Å². The van der Waals surface area contributed by atoms with Crippen molar-refractivity contribution in [3.05, 3.63) is 88.2 Å². The monoisotopic (exact) mass is 380 g/mol. The summed E-state index contributed by atoms with van der Waals surface area (Å²) in [6.07, 6.45) is 0. The van der Waals surface area contributed by atoms with Crippen molar-refractivity contribution in [2.24, 2.45) is 0 Å². The molecule has 0 bridgehead atoms. The van der Waals surface area contributed by atoms with E-state index in [0.29, 0.717) is 29.9 Å². The van der Waals surface area contributed by atoms with Crippen LogP contribution in [0, 0.1) is 5.82 Å². The van der Waals surface area contributed by atoms with Gasteiger partial charge in [0.05, 0.1) is 12.4 Å². The van der Waals surface area contributed by atoms with E-state index in [0.717, 1.165) is 20.2 Å². The zero-order valence-corrected chi connectivity index (χ0v) is 15.6. The molecule has 0 spiro atoms. The maximum atomic E-state index is 13.8. The van der Waals surface area contributed by atoms with Crippen molar-refractivity contribution in [1.82, 2.24) is 9.97 Å². The number of aromatic amines is 1. The lowest BCUT2D eigenvalue weighted by molar-refractivity contribution is -0.908. The van der Waals surface area contributed by atoms with Crippen LogP contribution in [0.1, 0.15) is 11.4 Å². The first-order valence-electron chi connectivity index (χ1n) is 8.73. The molecule has 0 aliphatic rings. The van der Waals surface area contributed by atoms with E-state index >= 15 is 0 Å². The highest BCUT2D eigenvalue weighted by Crippen LogP contribution is 2.30. The van der Waals surface area contributed by atoms with Gasteiger partial charge in [0.2, 0.25) is 0 Å². The summed E-state index contributed by atoms with van der Waals surface area (Å²) in [5, 5.41) is 0.606. The van der Waals surface area contributed by atoms with E-state index in [1.54, 1.807) is 12.1 Å². The first kappa shape index (κ1) is 17.6. The molecule has 27 heavy (non-hydrogen) atoms. The summed E-state index contributed by atoms with van der Waals surface area (Å²) in [4.78, 5) is 22.8. The lowest BCUT2D eigenvalue weighted by Crippen LogP contribution is -3.06. The third kappa shape index (κ3) is 3.82. The van der Waals surface area contributed by atoms with Crippen molar-refractivity contribution < 1.29 is 9.29 Å². The van der Waals surface area contributed by atoms with E-state index in [4.69, 9.17) is 0 Å². The first-order chi connectivity index (χ1) is 13.1. The molecule has 6 heteroatoms. The zero-order chi connectivity index (χ0) is 18.8. The smallest absolute Gasteiger partial charge is 0.259 e. The summed E-state index contributed by atoms with van der Waals surface area (Å²) in [7, 11) is 1.96. The van der Waals surface area contributed by atoms with E-state index in [-0.39, 0.29) is 11.4 Å². The van der Waals surface area contributed by atoms with Gasteiger partial charge in [-0.2, -0.15) is 0 Å². The molecule has 0 aliphatic carbocycles. The minimum absolute atomic E-state index is 0.132. The van der Waals surface area contributed by atoms with Gasteiger partial charge >= 0.3 is 0 Å². The van der Waals surface area contributed by atoms with E-state index in [2.05, 4.69) is 9.97 Å². The highest BCUT2D eigenvalue weighted by molar-refractivity contribution is 7.21. The molecule has 0 fully saturated rings. The molecule has 4 aromatic rings. The number of halogens is 1. The Morgan fingerprint density at radius 1 is 1.07 bits per heavy atom. The predicted octanol–water partition coefficient (Wildman–Crippen LogP) is 3.01. The van der Waals surface area contributed by atoms with Gasteiger partial charge in [0.15, 0.2) is 5.82 Å². The Balaban J connectivity index is 1.59. The van der Waals surface area contributed by atoms with Crippen molar-refractivity contribution >= 4 is 21.6 Å². The lowest BCUT2D eigenvalue weighted by Gasteiger charge is -2.13. The molecule has 2 N–H and O–H groups in total. The van der Waals surface area contributed by atoms with E-state index in [9.17, 15) is 9.18 Å². The normalized spacial score (nSPS) is 12.4. The lowest BCUT2D eigenvalue weighted by atomic mass is 10.2. The molecule has 4 rings (SSSR count). The van der Waals surface area contributed by atoms with Crippen molar-refractivity contribution in [3.8, 4) is 10.4 Å². The molecule has 0 radical (unpaired) electrons. The second-order valence-electron chi connectivity index (χ2n) is 6.61. The Hall–Kier alpha value is -2.83. The van der Waals surface area contributed by atoms with Crippen molar-refractivity contribution in [3.63, 3.8) is 0 Å². The average molecular weight is 380 g/mol. The molecule has 0 saturated heterocycles. The van der Waals surface area contributed by atoms with Gasteiger partial charge in [-0.05, 0) is 17.7 Å². The topological polar surface area (TPSA) is 50.2 Å². The largest absolute Gasteiger partial charge is 0.327 e. The predicted molar refractivity (Wildman–Crippen MR) is 106 cm³/mol. The molecule has 0 amide bonds. The Morgan fingerprint density at radius 2 is 1.81 bits per heavy atom. The number of thiophene rings is 1. The number of nitrogens with one attached hydrogen (secondary N) is 2. The summed E-state index contributed by atoms with van der Waals surface area (Å²) in [6.45, 7) is 1.03. The maximum absolute atomic E-state index is 13.8. The van der Waals surface area contributed by atoms with Gasteiger partial charge in [0, 0.05) is 10.4 Å². The fourth-order valence-corrected chi connectivity index (χ4v) is 4.18. The van der Waals surface area contributed by atoms with Crippen LogP contribution in [0.15, 0.2) is 65.5 Å². The fourth-order valence-electron chi connectivity index (χ4n) is 3.12. The van der Waals surface area contributed by atoms with E-state index < -0.39 is 0 Å². The standard InChI is InChI=1S/C21H18FN3OS/c1-25(12-15-9-5-6-10-17(15)22)13-19-23-20(26)16-11-18(27-21(16)24-19)14-7-3-2-4-8-14/h2-11H,12-13H2,1H3,(H,23,24,26)/p+1. The number of quaternary nitrogens is 1. The van der Waals surface area contributed by atoms with Gasteiger partial charge < -0.3 is 9.88 Å². The number of hydrogen-bond acceptors (Lipinski definition) is 3. The quantitative estimate of drug-likeness (QED) is 0.559. The van der Waals surface area contributed by atoms with E-state index in [1.807, 2.05) is 49.5 Å². The number of rotatable bonds is 5. The summed E-state index contributed by atoms with van der Waals surface area (Å²) < 4.78 is 13.8. The number of aromatic nitrogens is 2. The van der Waals surface area contributed by atoms with Crippen LogP contribution in [-0.4, -0.2) is 17.0 Å². The number of fused-ring (bicyclic) bond motifs is 1. The Labute approximate surface area is 159 Å². The minimum Gasteiger partial charge on any atom is -0.327 e. The SMILES string of the molecule is C[NH+](Cc1nc2sc(-c3ccccc3)cc2c(=O)[nH]1)Cc1ccccc1F. The minimum atomic E-state index is -0.209. The Morgan fingerprint density at radius 3 is 2.59 bits per heavy atom. The van der Waals surface area contributed by atoms with Gasteiger partial charge in [-0.15, -0.1) is 11.3 Å². The maximum Gasteiger partial charge on any atom is 0.259 e. The molecule has 1 unspecified atom stereocenters. The highest BCUT2D eigenvalue weighted by atomic mass is 32.1. The third-order valence-corrected chi connectivity index (χ3v) is 5.51. The number of benzene rings is 2. The summed E-state index contributed by atoms with van der Waals surface area (Å²) in [6, 6.07) is 18.6. The highest BCUT2D eigenvalue weighted by Gasteiger charge is 2.14. The number of H-pyrrole nitrogens is 1. The van der Waals surface area contributed by atoms with Crippen molar-refractivity contribution in [2.45, 2.75) is 13.1 Å². The number of nitrogens with zero attached hydrogens (tertiary/aromatic N) is 1. The van der Waals surface area contributed by atoms with Gasteiger partial charge in [-0.3, -0.25) is 4.79 Å². The molecular formula is C21H19FN3OS+. The summed E-state index contributed by atoms with van der Waals surface area (Å²) in [5.41, 5.74) is 1.59. The van der Waals surface area contributed by atoms with Gasteiger partial charge in [-0.1, -0.05) is 48.5 Å². The molecule has 0 saturated carbocycles. The van der Waals surface area contributed by atoms with Crippen molar-refractivity contribution in [1.29, 1.82) is 0 Å². The van der Waals surface area contributed by atoms with Gasteiger partial charge in [-0.25, -0.2) is 9.37 Å². The molecule has 0 aliphatic heterocycles. The molecule has 4 nitrogen and oxygen atoms in total. The molecule has 2 aromatic carbocycles. The van der Waals surface area contributed by atoms with Crippen LogP contribution in [0.3, 0.4) is 0 Å². The third-order valence-electron chi connectivity index (χ3n) is 4.43. The molecule has 2 aromatic heterocycles.